The highest BCUT2D eigenvalue weighted by Crippen LogP contribution is 2.42. The van der Waals surface area contributed by atoms with Gasteiger partial charge in [0.15, 0.2) is 0 Å². The first-order valence-corrected chi connectivity index (χ1v) is 9.16. The maximum atomic E-state index is 11.9. The average Bonchev–Trinajstić information content (AvgIpc) is 2.60. The lowest BCUT2D eigenvalue weighted by atomic mass is 9.80. The van der Waals surface area contributed by atoms with Crippen LogP contribution in [0.15, 0.2) is 0 Å². The van der Waals surface area contributed by atoms with Crippen molar-refractivity contribution >= 4 is 36.6 Å². The quantitative estimate of drug-likeness (QED) is 0.544. The standard InChI is InChI=1S/C17H24O5S/c1-22-17(21)16-7-15(5-3-12(16)9-19)23-14-4-2-11(8-18)13(6-14)10-20/h8-16H,2-7H2,1H3. The molecule has 5 nitrogen and oxygen atoms in total. The van der Waals surface area contributed by atoms with Crippen molar-refractivity contribution in [2.75, 3.05) is 7.11 Å². The molecule has 0 aromatic rings. The molecule has 0 bridgehead atoms. The van der Waals surface area contributed by atoms with Gasteiger partial charge in [0.1, 0.15) is 18.9 Å². The number of aldehydes is 3. The van der Waals surface area contributed by atoms with Gasteiger partial charge < -0.3 is 19.1 Å². The van der Waals surface area contributed by atoms with Gasteiger partial charge in [-0.15, -0.1) is 0 Å². The fourth-order valence-corrected chi connectivity index (χ4v) is 5.51. The highest BCUT2D eigenvalue weighted by Gasteiger charge is 2.38. The van der Waals surface area contributed by atoms with Crippen LogP contribution in [0.5, 0.6) is 0 Å². The minimum atomic E-state index is -0.350. The second-order valence-electron chi connectivity index (χ2n) is 6.54. The van der Waals surface area contributed by atoms with Gasteiger partial charge in [-0.3, -0.25) is 4.79 Å². The molecule has 2 rings (SSSR count). The molecular formula is C17H24O5S. The predicted molar refractivity (Wildman–Crippen MR) is 87.0 cm³/mol. The number of hydrogen-bond donors (Lipinski definition) is 0. The van der Waals surface area contributed by atoms with Crippen LogP contribution >= 0.6 is 11.8 Å². The number of methoxy groups -OCH3 is 1. The Balaban J connectivity index is 1.93. The van der Waals surface area contributed by atoms with Gasteiger partial charge in [-0.05, 0) is 38.5 Å². The summed E-state index contributed by atoms with van der Waals surface area (Å²) in [7, 11) is 1.36. The molecule has 6 heteroatoms. The van der Waals surface area contributed by atoms with Crippen LogP contribution < -0.4 is 0 Å². The van der Waals surface area contributed by atoms with Crippen LogP contribution in [0.1, 0.15) is 38.5 Å². The molecule has 6 atom stereocenters. The normalized spacial score (nSPS) is 37.6. The van der Waals surface area contributed by atoms with E-state index in [0.717, 1.165) is 44.5 Å². The Morgan fingerprint density at radius 1 is 0.870 bits per heavy atom. The molecule has 2 fully saturated rings. The van der Waals surface area contributed by atoms with Crippen molar-refractivity contribution in [3.05, 3.63) is 0 Å². The van der Waals surface area contributed by atoms with Gasteiger partial charge in [0.25, 0.3) is 0 Å². The summed E-state index contributed by atoms with van der Waals surface area (Å²) in [5.74, 6) is -1.22. The Kier molecular flexibility index (Phi) is 6.81. The van der Waals surface area contributed by atoms with E-state index in [1.807, 2.05) is 11.8 Å². The summed E-state index contributed by atoms with van der Waals surface area (Å²) in [5.41, 5.74) is 0. The molecule has 0 aliphatic heterocycles. The lowest BCUT2D eigenvalue weighted by Gasteiger charge is -2.36. The van der Waals surface area contributed by atoms with Crippen molar-refractivity contribution in [1.82, 2.24) is 0 Å². The van der Waals surface area contributed by atoms with E-state index in [0.29, 0.717) is 23.3 Å². The van der Waals surface area contributed by atoms with Crippen LogP contribution in [0.25, 0.3) is 0 Å². The van der Waals surface area contributed by atoms with E-state index in [1.54, 1.807) is 0 Å². The number of esters is 1. The fraction of sp³-hybridized carbons (Fsp3) is 0.765. The maximum absolute atomic E-state index is 11.9. The summed E-state index contributed by atoms with van der Waals surface area (Å²) in [6.07, 6.45) is 7.37. The topological polar surface area (TPSA) is 77.5 Å². The van der Waals surface area contributed by atoms with E-state index in [4.69, 9.17) is 4.74 Å². The largest absolute Gasteiger partial charge is 0.469 e. The second kappa shape index (κ2) is 8.62. The van der Waals surface area contributed by atoms with Crippen molar-refractivity contribution < 1.29 is 23.9 Å². The molecule has 0 amide bonds. The molecule has 0 spiro atoms. The van der Waals surface area contributed by atoms with E-state index in [1.165, 1.54) is 7.11 Å². The summed E-state index contributed by atoms with van der Waals surface area (Å²) in [5, 5.41) is 0.651. The summed E-state index contributed by atoms with van der Waals surface area (Å²) in [4.78, 5) is 45.2. The van der Waals surface area contributed by atoms with Crippen molar-refractivity contribution in [3.8, 4) is 0 Å². The van der Waals surface area contributed by atoms with E-state index >= 15 is 0 Å². The van der Waals surface area contributed by atoms with Gasteiger partial charge >= 0.3 is 5.97 Å². The molecule has 2 aliphatic rings. The number of thioether (sulfide) groups is 1. The molecule has 6 unspecified atom stereocenters. The van der Waals surface area contributed by atoms with Crippen LogP contribution in [0.3, 0.4) is 0 Å². The zero-order valence-corrected chi connectivity index (χ0v) is 14.2. The number of rotatable bonds is 6. The number of carbonyl (C=O) groups excluding carboxylic acids is 4. The minimum absolute atomic E-state index is 0.141. The lowest BCUT2D eigenvalue weighted by Crippen LogP contribution is -2.35. The number of ether oxygens (including phenoxy) is 1. The Morgan fingerprint density at radius 2 is 1.43 bits per heavy atom. The van der Waals surface area contributed by atoms with E-state index in [2.05, 4.69) is 0 Å². The summed E-state index contributed by atoms with van der Waals surface area (Å²) < 4.78 is 4.83. The summed E-state index contributed by atoms with van der Waals surface area (Å²) >= 11 is 1.82. The van der Waals surface area contributed by atoms with E-state index in [9.17, 15) is 19.2 Å². The van der Waals surface area contributed by atoms with Crippen LogP contribution in [0.2, 0.25) is 0 Å². The second-order valence-corrected chi connectivity index (χ2v) is 8.14. The van der Waals surface area contributed by atoms with Crippen molar-refractivity contribution in [2.24, 2.45) is 23.7 Å². The molecule has 0 heterocycles. The Labute approximate surface area is 140 Å². The third-order valence-electron chi connectivity index (χ3n) is 5.18. The maximum Gasteiger partial charge on any atom is 0.309 e. The molecule has 2 saturated carbocycles. The molecule has 0 radical (unpaired) electrons. The predicted octanol–water partition coefficient (Wildman–Crippen LogP) is 2.06. The summed E-state index contributed by atoms with van der Waals surface area (Å²) in [6, 6.07) is 0. The first kappa shape index (κ1) is 18.2. The molecule has 0 N–H and O–H groups in total. The molecule has 0 aromatic carbocycles. The lowest BCUT2D eigenvalue weighted by molar-refractivity contribution is -0.149. The van der Waals surface area contributed by atoms with E-state index in [-0.39, 0.29) is 29.6 Å². The Hall–Kier alpha value is -1.17. The molecule has 128 valence electrons. The number of carbonyl (C=O) groups is 4. The third-order valence-corrected chi connectivity index (χ3v) is 6.80. The van der Waals surface area contributed by atoms with Crippen LogP contribution in [-0.4, -0.2) is 42.4 Å². The van der Waals surface area contributed by atoms with Gasteiger partial charge in [-0.1, -0.05) is 0 Å². The van der Waals surface area contributed by atoms with Crippen molar-refractivity contribution in [1.29, 1.82) is 0 Å². The zero-order chi connectivity index (χ0) is 16.8. The summed E-state index contributed by atoms with van der Waals surface area (Å²) in [6.45, 7) is 0. The average molecular weight is 340 g/mol. The van der Waals surface area contributed by atoms with Gasteiger partial charge in [-0.2, -0.15) is 11.8 Å². The minimum Gasteiger partial charge on any atom is -0.469 e. The monoisotopic (exact) mass is 340 g/mol. The highest BCUT2D eigenvalue weighted by atomic mass is 32.2. The van der Waals surface area contributed by atoms with Crippen LogP contribution in [-0.2, 0) is 23.9 Å². The first-order valence-electron chi connectivity index (χ1n) is 8.22. The van der Waals surface area contributed by atoms with Crippen LogP contribution in [0, 0.1) is 23.7 Å². The van der Waals surface area contributed by atoms with Gasteiger partial charge in [0.2, 0.25) is 0 Å². The molecule has 2 aliphatic carbocycles. The van der Waals surface area contributed by atoms with Crippen molar-refractivity contribution in [2.45, 2.75) is 49.0 Å². The highest BCUT2D eigenvalue weighted by molar-refractivity contribution is 8.00. The van der Waals surface area contributed by atoms with E-state index < -0.39 is 0 Å². The Bertz CT molecular complexity index is 452. The van der Waals surface area contributed by atoms with Crippen molar-refractivity contribution in [3.63, 3.8) is 0 Å². The smallest absolute Gasteiger partial charge is 0.309 e. The first-order chi connectivity index (χ1) is 11.1. The van der Waals surface area contributed by atoms with Gasteiger partial charge in [0.05, 0.1) is 13.0 Å². The third kappa shape index (κ3) is 4.43. The van der Waals surface area contributed by atoms with Gasteiger partial charge in [-0.25, -0.2) is 0 Å². The SMILES string of the molecule is COC(=O)C1CC(SC2CCC(C=O)C(C=O)C2)CCC1C=O. The number of hydrogen-bond acceptors (Lipinski definition) is 6. The Morgan fingerprint density at radius 3 is 2.00 bits per heavy atom. The fourth-order valence-electron chi connectivity index (χ4n) is 3.77. The molecule has 0 saturated heterocycles. The van der Waals surface area contributed by atoms with Gasteiger partial charge in [0, 0.05) is 28.3 Å². The molecular weight excluding hydrogens is 316 g/mol. The zero-order valence-electron chi connectivity index (χ0n) is 13.4. The molecule has 0 aromatic heterocycles. The molecule has 23 heavy (non-hydrogen) atoms. The van der Waals surface area contributed by atoms with Crippen LogP contribution in [0.4, 0.5) is 0 Å².